The summed E-state index contributed by atoms with van der Waals surface area (Å²) in [5.74, 6) is 0.146. The van der Waals surface area contributed by atoms with E-state index in [9.17, 15) is 9.59 Å². The van der Waals surface area contributed by atoms with Crippen LogP contribution in [-0.2, 0) is 4.79 Å². The van der Waals surface area contributed by atoms with E-state index in [-0.39, 0.29) is 11.8 Å². The second kappa shape index (κ2) is 7.96. The molecule has 0 atom stereocenters. The highest BCUT2D eigenvalue weighted by molar-refractivity contribution is 5.93. The second-order valence-corrected chi connectivity index (χ2v) is 6.49. The van der Waals surface area contributed by atoms with Gasteiger partial charge in [-0.1, -0.05) is 12.1 Å². The largest absolute Gasteiger partial charge is 0.459 e. The lowest BCUT2D eigenvalue weighted by Crippen LogP contribution is -2.50. The van der Waals surface area contributed by atoms with Gasteiger partial charge in [0.2, 0.25) is 5.91 Å². The van der Waals surface area contributed by atoms with Crippen LogP contribution in [0.25, 0.3) is 11.8 Å². The summed E-state index contributed by atoms with van der Waals surface area (Å²) in [4.78, 5) is 32.2. The number of aromatic nitrogens is 2. The number of nitrogens with zero attached hydrogens (tertiary/aromatic N) is 4. The smallest absolute Gasteiger partial charge is 0.289 e. The summed E-state index contributed by atoms with van der Waals surface area (Å²) < 4.78 is 7.07. The van der Waals surface area contributed by atoms with Gasteiger partial charge in [-0.25, -0.2) is 4.98 Å². The van der Waals surface area contributed by atoms with Crippen LogP contribution in [0.2, 0.25) is 0 Å². The van der Waals surface area contributed by atoms with E-state index in [1.54, 1.807) is 46.6 Å². The number of furan rings is 1. The molecule has 1 aromatic carbocycles. The van der Waals surface area contributed by atoms with Crippen LogP contribution in [0, 0.1) is 0 Å². The number of hydrogen-bond donors (Lipinski definition) is 0. The van der Waals surface area contributed by atoms with Crippen molar-refractivity contribution in [3.63, 3.8) is 0 Å². The molecule has 1 aliphatic heterocycles. The SMILES string of the molecule is O=C(/C=C/c1ccc(-n2ccnc2)cc1)N1CCN(C(=O)c2ccco2)CC1. The standard InChI is InChI=1S/C21H20N4O3/c26-20(8-5-17-3-6-18(7-4-17)25-10-9-22-16-25)23-11-13-24(14-12-23)21(27)19-2-1-15-28-19/h1-10,15-16H,11-14H2/b8-5+. The zero-order valence-corrected chi connectivity index (χ0v) is 15.3. The van der Waals surface area contributed by atoms with Crippen molar-refractivity contribution in [1.82, 2.24) is 19.4 Å². The zero-order chi connectivity index (χ0) is 19.3. The molecular formula is C21H20N4O3. The van der Waals surface area contributed by atoms with Gasteiger partial charge in [0.1, 0.15) is 0 Å². The van der Waals surface area contributed by atoms with E-state index in [1.165, 1.54) is 6.26 Å². The number of amides is 2. The Balaban J connectivity index is 1.31. The molecular weight excluding hydrogens is 356 g/mol. The molecule has 3 heterocycles. The first kappa shape index (κ1) is 17.8. The monoisotopic (exact) mass is 376 g/mol. The highest BCUT2D eigenvalue weighted by atomic mass is 16.3. The molecule has 1 aliphatic rings. The predicted molar refractivity (Wildman–Crippen MR) is 104 cm³/mol. The summed E-state index contributed by atoms with van der Waals surface area (Å²) >= 11 is 0. The molecule has 1 fully saturated rings. The van der Waals surface area contributed by atoms with E-state index in [0.29, 0.717) is 31.9 Å². The van der Waals surface area contributed by atoms with Crippen molar-refractivity contribution in [3.8, 4) is 5.69 Å². The Labute approximate surface area is 162 Å². The summed E-state index contributed by atoms with van der Waals surface area (Å²) in [6, 6.07) is 11.2. The number of piperazine rings is 1. The lowest BCUT2D eigenvalue weighted by atomic mass is 10.2. The quantitative estimate of drug-likeness (QED) is 0.656. The Morgan fingerprint density at radius 3 is 2.39 bits per heavy atom. The van der Waals surface area contributed by atoms with Crippen molar-refractivity contribution in [3.05, 3.63) is 78.8 Å². The van der Waals surface area contributed by atoms with E-state index in [1.807, 2.05) is 35.0 Å². The number of benzene rings is 1. The Bertz CT molecular complexity index is 952. The number of carbonyl (C=O) groups excluding carboxylic acids is 2. The fraction of sp³-hybridized carbons (Fsp3) is 0.190. The normalized spacial score (nSPS) is 14.6. The number of carbonyl (C=O) groups is 2. The molecule has 0 unspecified atom stereocenters. The first-order valence-corrected chi connectivity index (χ1v) is 9.09. The Morgan fingerprint density at radius 1 is 1.00 bits per heavy atom. The fourth-order valence-corrected chi connectivity index (χ4v) is 3.13. The molecule has 0 saturated carbocycles. The molecule has 0 radical (unpaired) electrons. The van der Waals surface area contributed by atoms with Gasteiger partial charge < -0.3 is 18.8 Å². The predicted octanol–water partition coefficient (Wildman–Crippen LogP) is 2.46. The van der Waals surface area contributed by atoms with Crippen molar-refractivity contribution in [2.24, 2.45) is 0 Å². The van der Waals surface area contributed by atoms with Crippen LogP contribution in [-0.4, -0.2) is 57.3 Å². The van der Waals surface area contributed by atoms with Gasteiger partial charge in [0.25, 0.3) is 5.91 Å². The minimum Gasteiger partial charge on any atom is -0.459 e. The van der Waals surface area contributed by atoms with Crippen LogP contribution in [0.15, 0.2) is 71.9 Å². The lowest BCUT2D eigenvalue weighted by molar-refractivity contribution is -0.127. The Morgan fingerprint density at radius 2 is 1.75 bits per heavy atom. The van der Waals surface area contributed by atoms with Crippen molar-refractivity contribution in [1.29, 1.82) is 0 Å². The van der Waals surface area contributed by atoms with Gasteiger partial charge in [0.05, 0.1) is 12.6 Å². The second-order valence-electron chi connectivity index (χ2n) is 6.49. The van der Waals surface area contributed by atoms with Gasteiger partial charge >= 0.3 is 0 Å². The summed E-state index contributed by atoms with van der Waals surface area (Å²) in [5, 5.41) is 0. The lowest BCUT2D eigenvalue weighted by Gasteiger charge is -2.33. The van der Waals surface area contributed by atoms with Crippen LogP contribution in [0.4, 0.5) is 0 Å². The van der Waals surface area contributed by atoms with Crippen LogP contribution in [0.3, 0.4) is 0 Å². The molecule has 0 aliphatic carbocycles. The topological polar surface area (TPSA) is 71.6 Å². The molecule has 4 rings (SSSR count). The first-order valence-electron chi connectivity index (χ1n) is 9.09. The molecule has 0 N–H and O–H groups in total. The van der Waals surface area contributed by atoms with E-state index in [4.69, 9.17) is 4.42 Å². The average molecular weight is 376 g/mol. The Kier molecular flexibility index (Phi) is 5.05. The molecule has 28 heavy (non-hydrogen) atoms. The molecule has 7 heteroatoms. The number of hydrogen-bond acceptors (Lipinski definition) is 4. The van der Waals surface area contributed by atoms with Crippen LogP contribution in [0.1, 0.15) is 16.1 Å². The molecule has 142 valence electrons. The van der Waals surface area contributed by atoms with E-state index < -0.39 is 0 Å². The van der Waals surface area contributed by atoms with E-state index >= 15 is 0 Å². The zero-order valence-electron chi connectivity index (χ0n) is 15.3. The van der Waals surface area contributed by atoms with Gasteiger partial charge in [-0.05, 0) is 35.9 Å². The van der Waals surface area contributed by atoms with E-state index in [2.05, 4.69) is 4.98 Å². The summed E-state index contributed by atoms with van der Waals surface area (Å²) in [5.41, 5.74) is 1.96. The maximum absolute atomic E-state index is 12.4. The van der Waals surface area contributed by atoms with Crippen molar-refractivity contribution < 1.29 is 14.0 Å². The third-order valence-electron chi connectivity index (χ3n) is 4.72. The molecule has 0 bridgehead atoms. The molecule has 3 aromatic rings. The molecule has 2 aromatic heterocycles. The third kappa shape index (κ3) is 3.88. The maximum Gasteiger partial charge on any atom is 0.289 e. The Hall–Kier alpha value is -3.61. The number of rotatable bonds is 4. The third-order valence-corrected chi connectivity index (χ3v) is 4.72. The van der Waals surface area contributed by atoms with Crippen LogP contribution >= 0.6 is 0 Å². The fourth-order valence-electron chi connectivity index (χ4n) is 3.13. The van der Waals surface area contributed by atoms with Gasteiger partial charge in [-0.15, -0.1) is 0 Å². The van der Waals surface area contributed by atoms with Crippen molar-refractivity contribution >= 4 is 17.9 Å². The highest BCUT2D eigenvalue weighted by Gasteiger charge is 2.25. The summed E-state index contributed by atoms with van der Waals surface area (Å²) in [6.07, 6.45) is 10.2. The van der Waals surface area contributed by atoms with E-state index in [0.717, 1.165) is 11.3 Å². The molecule has 7 nitrogen and oxygen atoms in total. The minimum absolute atomic E-state index is 0.0521. The molecule has 2 amide bonds. The number of imidazole rings is 1. The van der Waals surface area contributed by atoms with Crippen LogP contribution < -0.4 is 0 Å². The van der Waals surface area contributed by atoms with Gasteiger partial charge in [0, 0.05) is 50.3 Å². The van der Waals surface area contributed by atoms with Crippen molar-refractivity contribution in [2.75, 3.05) is 26.2 Å². The summed E-state index contributed by atoms with van der Waals surface area (Å²) in [6.45, 7) is 2.02. The van der Waals surface area contributed by atoms with Gasteiger partial charge in [0.15, 0.2) is 5.76 Å². The minimum atomic E-state index is -0.134. The molecule has 0 spiro atoms. The van der Waals surface area contributed by atoms with Gasteiger partial charge in [-0.3, -0.25) is 9.59 Å². The molecule has 1 saturated heterocycles. The van der Waals surface area contributed by atoms with Crippen molar-refractivity contribution in [2.45, 2.75) is 0 Å². The average Bonchev–Trinajstić information content (AvgIpc) is 3.46. The van der Waals surface area contributed by atoms with Crippen LogP contribution in [0.5, 0.6) is 0 Å². The summed E-state index contributed by atoms with van der Waals surface area (Å²) in [7, 11) is 0. The first-order chi connectivity index (χ1) is 13.7. The highest BCUT2D eigenvalue weighted by Crippen LogP contribution is 2.12. The van der Waals surface area contributed by atoms with Gasteiger partial charge in [-0.2, -0.15) is 0 Å². The maximum atomic E-state index is 12.4.